The lowest BCUT2D eigenvalue weighted by atomic mass is 9.76. The van der Waals surface area contributed by atoms with Crippen LogP contribution in [0.4, 0.5) is 52.7 Å². The summed E-state index contributed by atoms with van der Waals surface area (Å²) in [6.07, 6.45) is -16.2. The van der Waals surface area contributed by atoms with Crippen molar-refractivity contribution in [2.45, 2.75) is 201 Å². The van der Waals surface area contributed by atoms with E-state index in [2.05, 4.69) is 9.97 Å². The first kappa shape index (κ1) is 86.6. The summed E-state index contributed by atoms with van der Waals surface area (Å²) in [6, 6.07) is 14.9. The number of para-hydroxylation sites is 2. The zero-order chi connectivity index (χ0) is 82.7. The molecule has 1 saturated carbocycles. The van der Waals surface area contributed by atoms with Gasteiger partial charge < -0.3 is 53.9 Å². The second kappa shape index (κ2) is 33.9. The summed E-state index contributed by atoms with van der Waals surface area (Å²) < 4.78 is 217. The minimum atomic E-state index is -4.95. The maximum absolute atomic E-state index is 15.2. The van der Waals surface area contributed by atoms with Crippen molar-refractivity contribution in [3.05, 3.63) is 151 Å². The Bertz CT molecular complexity index is 4560. The zero-order valence-electron chi connectivity index (χ0n) is 61.9. The quantitative estimate of drug-likeness (QED) is 0.0459. The lowest BCUT2D eigenvalue weighted by Crippen LogP contribution is -2.70. The van der Waals surface area contributed by atoms with Crippen LogP contribution in [-0.4, -0.2) is 170 Å². The lowest BCUT2D eigenvalue weighted by molar-refractivity contribution is -0.169. The van der Waals surface area contributed by atoms with Crippen LogP contribution in [0.3, 0.4) is 0 Å². The van der Waals surface area contributed by atoms with Crippen LogP contribution < -0.4 is 23.7 Å². The lowest BCUT2D eigenvalue weighted by Gasteiger charge is -2.52. The highest BCUT2D eigenvalue weighted by Crippen LogP contribution is 2.50. The number of pyridine rings is 2. The van der Waals surface area contributed by atoms with E-state index in [0.29, 0.717) is 70.6 Å². The fourth-order valence-electron chi connectivity index (χ4n) is 16.1. The molecular formula is C76H85F12N7O15S3. The Morgan fingerprint density at radius 2 is 1.05 bits per heavy atom. The van der Waals surface area contributed by atoms with Gasteiger partial charge in [0.05, 0.1) is 59.3 Å². The Labute approximate surface area is 650 Å². The number of sulfonamides is 1. The number of hydrogen-bond acceptors (Lipinski definition) is 18. The number of hydrogen-bond donors (Lipinski definition) is 4. The number of halogens is 12. The van der Waals surface area contributed by atoms with E-state index in [9.17, 15) is 95.6 Å². The number of nitrogens with one attached hydrogen (secondary N) is 1. The Kier molecular flexibility index (Phi) is 26.0. The van der Waals surface area contributed by atoms with Crippen LogP contribution in [-0.2, 0) is 65.1 Å². The number of carboxylic acids is 1. The van der Waals surface area contributed by atoms with Gasteiger partial charge in [-0.25, -0.2) is 8.42 Å². The molecule has 2 unspecified atom stereocenters. The number of carbonyl (C=O) groups is 6. The highest BCUT2D eigenvalue weighted by molar-refractivity contribution is 7.89. The van der Waals surface area contributed by atoms with Crippen LogP contribution in [0.2, 0.25) is 0 Å². The van der Waals surface area contributed by atoms with E-state index in [-0.39, 0.29) is 128 Å². The molecule has 0 radical (unpaired) electrons. The molecule has 616 valence electrons. The van der Waals surface area contributed by atoms with Crippen molar-refractivity contribution in [2.75, 3.05) is 46.1 Å². The van der Waals surface area contributed by atoms with Crippen molar-refractivity contribution in [3.8, 4) is 23.0 Å². The summed E-state index contributed by atoms with van der Waals surface area (Å²) in [6.45, 7) is 4.59. The molecule has 37 heteroatoms. The smallest absolute Gasteiger partial charge is 0.425 e. The maximum Gasteiger partial charge on any atom is 0.425 e. The SMILES string of the molecule is CCC[C@H]1N(C(=O)c2ncccc2C(F)(F)F)CCC[C@@]1(Oc1csc(C(F)(F)F)c1)C(=O)N1CCC(O)(c2ccccc2OC)CC1CCC(=O)O.CCC[C@H]1N(C(=O)c2ncccc2C(F)(F)F)CCC[C@@]1(Oc1csc(C(F)(F)F)c1)C(=O)N1CCC(O)(c2ccccc2O[C@@H]2CC[C@](C)(C(=O)NS(C)(=O)=O)C2)CC1. The summed E-state index contributed by atoms with van der Waals surface area (Å²) in [7, 11) is -2.36. The highest BCUT2D eigenvalue weighted by Gasteiger charge is 2.60. The fourth-order valence-corrected chi connectivity index (χ4v) is 18.0. The van der Waals surface area contributed by atoms with Crippen LogP contribution in [0, 0.1) is 5.41 Å². The second-order valence-corrected chi connectivity index (χ2v) is 32.8. The van der Waals surface area contributed by atoms with Gasteiger partial charge in [-0.05, 0) is 107 Å². The molecule has 2 aromatic carbocycles. The molecule has 4 N–H and O–H groups in total. The molecular weight excluding hydrogens is 1580 g/mol. The Hall–Kier alpha value is -8.81. The first-order chi connectivity index (χ1) is 52.9. The number of carbonyl (C=O) groups excluding carboxylic acids is 5. The monoisotopic (exact) mass is 1660 g/mol. The normalized spacial score (nSPS) is 24.3. The van der Waals surface area contributed by atoms with E-state index in [1.54, 1.807) is 69.3 Å². The molecule has 4 aromatic heterocycles. The number of aliphatic carboxylic acids is 1. The van der Waals surface area contributed by atoms with Gasteiger partial charge in [0.1, 0.15) is 44.1 Å². The number of alkyl halides is 12. The van der Waals surface area contributed by atoms with Crippen LogP contribution in [0.15, 0.2) is 108 Å². The van der Waals surface area contributed by atoms with Gasteiger partial charge in [-0.15, -0.1) is 22.7 Å². The minimum absolute atomic E-state index is 0.000708. The third-order valence-corrected chi connectivity index (χ3v) is 23.9. The third kappa shape index (κ3) is 19.1. The van der Waals surface area contributed by atoms with E-state index in [1.165, 1.54) is 16.9 Å². The molecule has 4 aliphatic heterocycles. The van der Waals surface area contributed by atoms with E-state index in [1.807, 2.05) is 4.72 Å². The van der Waals surface area contributed by atoms with Crippen molar-refractivity contribution in [1.82, 2.24) is 34.3 Å². The zero-order valence-corrected chi connectivity index (χ0v) is 64.4. The van der Waals surface area contributed by atoms with Crippen molar-refractivity contribution in [1.29, 1.82) is 0 Å². The average molecular weight is 1660 g/mol. The predicted molar refractivity (Wildman–Crippen MR) is 386 cm³/mol. The summed E-state index contributed by atoms with van der Waals surface area (Å²) in [5.74, 6) is -5.48. The number of piperidine rings is 4. The molecule has 0 bridgehead atoms. The van der Waals surface area contributed by atoms with E-state index in [0.717, 1.165) is 69.5 Å². The minimum Gasteiger partial charge on any atom is -0.496 e. The van der Waals surface area contributed by atoms with Crippen LogP contribution >= 0.6 is 22.7 Å². The topological polar surface area (TPSA) is 285 Å². The molecule has 8 heterocycles. The number of methoxy groups -OCH3 is 1. The van der Waals surface area contributed by atoms with Crippen LogP contribution in [0.5, 0.6) is 23.0 Å². The summed E-state index contributed by atoms with van der Waals surface area (Å²) in [5, 5.41) is 35.9. The van der Waals surface area contributed by atoms with Crippen molar-refractivity contribution < 1.29 is 124 Å². The molecule has 5 fully saturated rings. The number of likely N-dealkylation sites (tertiary alicyclic amines) is 4. The van der Waals surface area contributed by atoms with E-state index in [4.69, 9.17) is 18.9 Å². The number of rotatable bonds is 22. The number of ether oxygens (including phenoxy) is 4. The summed E-state index contributed by atoms with van der Waals surface area (Å²) in [4.78, 5) is 93.5. The number of nitrogens with zero attached hydrogens (tertiary/aromatic N) is 6. The molecule has 22 nitrogen and oxygen atoms in total. The molecule has 0 spiro atoms. The number of thiophene rings is 2. The molecule has 6 aromatic rings. The summed E-state index contributed by atoms with van der Waals surface area (Å²) in [5.41, 5.74) is -11.8. The van der Waals surface area contributed by atoms with Gasteiger partial charge in [0.25, 0.3) is 23.6 Å². The summed E-state index contributed by atoms with van der Waals surface area (Å²) >= 11 is 0.674. The van der Waals surface area contributed by atoms with Crippen molar-refractivity contribution >= 4 is 68.2 Å². The molecule has 113 heavy (non-hydrogen) atoms. The molecule has 11 rings (SSSR count). The van der Waals surface area contributed by atoms with Gasteiger partial charge >= 0.3 is 30.7 Å². The standard InChI is InChI=1S/C40H46F6N4O8S2.C36H39F6N3O7S/c1-4-9-30-38(58-26-22-31(59-24-26)40(44,45)46,14-8-19-50(30)33(51)32-28(39(41,42)43)11-7-18-47-32)35(53)49-20-16-37(54,17-21-49)27-10-5-6-12-29(27)57-25-13-15-36(2,23-25)34(52)48-60(3,55)56;1-3-8-27-34(52-23-19-28(53-21-23)36(40,41)42,14-7-17-45(27)31(48)30-25(35(37,38)39)10-6-16-43-30)32(49)44-18-15-33(50,20-22(44)12-13-29(46)47)24-9-4-5-11-26(24)51-2/h5-7,10-12,18,22,24-25,30,54H,4,8-9,13-17,19-21,23H2,1-3H3,(H,48,52);4-6,9-11,16,19,21-22,27,50H,3,7-8,12-15,17-18,20H2,1-2H3,(H,46,47)/t25-,30-,36+,38+;22?,27-,33?,34+/m11/s1. The van der Waals surface area contributed by atoms with Gasteiger partial charge in [0, 0.05) is 111 Å². The Morgan fingerprint density at radius 3 is 1.50 bits per heavy atom. The first-order valence-corrected chi connectivity index (χ1v) is 40.1. The third-order valence-electron chi connectivity index (χ3n) is 21.5. The van der Waals surface area contributed by atoms with Gasteiger partial charge in [0.2, 0.25) is 27.1 Å². The van der Waals surface area contributed by atoms with Gasteiger partial charge in [0.15, 0.2) is 0 Å². The van der Waals surface area contributed by atoms with E-state index < -0.39 is 161 Å². The molecule has 5 aliphatic rings. The number of amides is 5. The molecule has 1 aliphatic carbocycles. The maximum atomic E-state index is 15.2. The Balaban J connectivity index is 0.000000241. The fraction of sp³-hybridized carbons (Fsp3) is 0.526. The van der Waals surface area contributed by atoms with Gasteiger partial charge in [-0.3, -0.25) is 43.5 Å². The number of aliphatic hydroxyl groups is 2. The van der Waals surface area contributed by atoms with Gasteiger partial charge in [-0.1, -0.05) is 70.0 Å². The molecule has 5 amide bonds. The predicted octanol–water partition coefficient (Wildman–Crippen LogP) is 14.1. The second-order valence-electron chi connectivity index (χ2n) is 29.2. The number of carboxylic acid groups (broad SMARTS) is 1. The first-order valence-electron chi connectivity index (χ1n) is 36.5. The average Bonchev–Trinajstić information content (AvgIpc) is 1.09. The Morgan fingerprint density at radius 1 is 0.584 bits per heavy atom. The molecule has 8 atom stereocenters. The largest absolute Gasteiger partial charge is 0.496 e. The van der Waals surface area contributed by atoms with E-state index >= 15 is 9.59 Å². The number of aromatic nitrogens is 2. The van der Waals surface area contributed by atoms with Crippen LogP contribution in [0.25, 0.3) is 0 Å². The molecule has 4 saturated heterocycles. The number of benzene rings is 2. The van der Waals surface area contributed by atoms with Crippen molar-refractivity contribution in [2.24, 2.45) is 5.41 Å². The van der Waals surface area contributed by atoms with Crippen LogP contribution in [0.1, 0.15) is 183 Å². The van der Waals surface area contributed by atoms with Gasteiger partial charge in [-0.2, -0.15) is 52.7 Å². The highest BCUT2D eigenvalue weighted by atomic mass is 32.2. The van der Waals surface area contributed by atoms with Crippen molar-refractivity contribution in [3.63, 3.8) is 0 Å².